The van der Waals surface area contributed by atoms with E-state index in [1.54, 1.807) is 25.9 Å². The number of allylic oxidation sites excluding steroid dienone is 1. The molecule has 0 bridgehead atoms. The number of carbonyl (C=O) groups excluding carboxylic acids is 1. The summed E-state index contributed by atoms with van der Waals surface area (Å²) in [7, 11) is 4.62. The number of aromatic nitrogens is 4. The number of hydrogen-bond donors (Lipinski definition) is 0. The molecule has 0 aliphatic rings. The fraction of sp³-hybridized carbons (Fsp3) is 0.385. The molecule has 0 radical (unpaired) electrons. The number of aryl methyl sites for hydroxylation is 1. The summed E-state index contributed by atoms with van der Waals surface area (Å²) in [4.78, 5) is 16.9. The molecule has 0 saturated heterocycles. The molecular weight excluding hydrogens is 583 g/mol. The van der Waals surface area contributed by atoms with Crippen LogP contribution < -0.4 is 4.90 Å². The predicted molar refractivity (Wildman–Crippen MR) is 133 cm³/mol. The second-order valence-corrected chi connectivity index (χ2v) is 9.52. The summed E-state index contributed by atoms with van der Waals surface area (Å²) in [6.07, 6.45) is -13.4. The van der Waals surface area contributed by atoms with Crippen molar-refractivity contribution in [2.45, 2.75) is 45.0 Å². The molecule has 42 heavy (non-hydrogen) atoms. The highest BCUT2D eigenvalue weighted by molar-refractivity contribution is 6.09. The van der Waals surface area contributed by atoms with Crippen LogP contribution in [0.1, 0.15) is 51.5 Å². The van der Waals surface area contributed by atoms with E-state index in [9.17, 15) is 44.3 Å². The number of hydrogen-bond acceptors (Lipinski definition) is 6. The number of nitrogens with zero attached hydrogens (tertiary/aromatic N) is 6. The van der Waals surface area contributed by atoms with Gasteiger partial charge in [0, 0.05) is 44.5 Å². The van der Waals surface area contributed by atoms with Crippen molar-refractivity contribution in [1.29, 1.82) is 0 Å². The molecular formula is C26H25F9N6O. The van der Waals surface area contributed by atoms with Crippen molar-refractivity contribution in [3.05, 3.63) is 81.6 Å². The lowest BCUT2D eigenvalue weighted by Crippen LogP contribution is -2.26. The molecule has 16 heteroatoms. The number of benzene rings is 2. The van der Waals surface area contributed by atoms with Gasteiger partial charge in [0.05, 0.1) is 23.7 Å². The van der Waals surface area contributed by atoms with E-state index in [0.29, 0.717) is 24.3 Å². The molecule has 1 aromatic heterocycles. The zero-order chi connectivity index (χ0) is 31.6. The normalized spacial score (nSPS) is 12.9. The first-order valence-electron chi connectivity index (χ1n) is 12.2. The average Bonchev–Trinajstić information content (AvgIpc) is 3.30. The van der Waals surface area contributed by atoms with Crippen LogP contribution in [0.25, 0.3) is 0 Å². The van der Waals surface area contributed by atoms with Gasteiger partial charge in [-0.05, 0) is 53.1 Å². The maximum absolute atomic E-state index is 13.7. The predicted octanol–water partition coefficient (Wildman–Crippen LogP) is 6.51. The highest BCUT2D eigenvalue weighted by Gasteiger charge is 2.37. The van der Waals surface area contributed by atoms with Crippen LogP contribution in [0.2, 0.25) is 0 Å². The van der Waals surface area contributed by atoms with Gasteiger partial charge in [0.25, 0.3) is 5.95 Å². The van der Waals surface area contributed by atoms with Gasteiger partial charge >= 0.3 is 18.5 Å². The summed E-state index contributed by atoms with van der Waals surface area (Å²) in [5, 5.41) is 11.3. The third kappa shape index (κ3) is 8.00. The number of rotatable bonds is 9. The number of ketones is 1. The van der Waals surface area contributed by atoms with Crippen LogP contribution in [0.5, 0.6) is 0 Å². The summed E-state index contributed by atoms with van der Waals surface area (Å²) in [5.41, 5.74) is -4.85. The summed E-state index contributed by atoms with van der Waals surface area (Å²) >= 11 is 0. The van der Waals surface area contributed by atoms with Crippen LogP contribution >= 0.6 is 0 Å². The molecule has 1 heterocycles. The first-order chi connectivity index (χ1) is 19.3. The van der Waals surface area contributed by atoms with Gasteiger partial charge in [-0.2, -0.15) is 44.3 Å². The Kier molecular flexibility index (Phi) is 9.27. The third-order valence-electron chi connectivity index (χ3n) is 5.93. The molecule has 228 valence electrons. The van der Waals surface area contributed by atoms with Crippen LogP contribution in [0.4, 0.5) is 45.5 Å². The highest BCUT2D eigenvalue weighted by atomic mass is 19.4. The molecule has 0 saturated carbocycles. The Hall–Kier alpha value is -4.11. The van der Waals surface area contributed by atoms with Crippen LogP contribution in [-0.4, -0.2) is 45.0 Å². The summed E-state index contributed by atoms with van der Waals surface area (Å²) in [5.74, 6) is -0.917. The Bertz CT molecular complexity index is 1420. The minimum Gasteiger partial charge on any atom is -0.383 e. The van der Waals surface area contributed by atoms with Gasteiger partial charge in [-0.3, -0.25) is 4.79 Å². The van der Waals surface area contributed by atoms with E-state index in [-0.39, 0.29) is 35.1 Å². The molecule has 3 rings (SSSR count). The topological polar surface area (TPSA) is 67.2 Å². The Morgan fingerprint density at radius 1 is 0.857 bits per heavy atom. The van der Waals surface area contributed by atoms with E-state index in [1.807, 2.05) is 0 Å². The number of halogens is 9. The molecule has 0 amide bonds. The molecule has 7 nitrogen and oxygen atoms in total. The highest BCUT2D eigenvalue weighted by Crippen LogP contribution is 2.37. The Morgan fingerprint density at radius 3 is 1.88 bits per heavy atom. The maximum atomic E-state index is 13.7. The van der Waals surface area contributed by atoms with Crippen LogP contribution in [-0.2, 0) is 38.7 Å². The molecule has 3 aromatic rings. The fourth-order valence-corrected chi connectivity index (χ4v) is 4.05. The SMILES string of the molecule is CC/C(=C\N(C)C)C(=O)c1ccc(C(F)(F)F)cc1CN(Cc1cc(C(F)(F)F)cc(C(F)(F)F)c1)c1nnn(C)n1. The van der Waals surface area contributed by atoms with Crippen molar-refractivity contribution in [3.8, 4) is 0 Å². The summed E-state index contributed by atoms with van der Waals surface area (Å²) in [6, 6.07) is 3.34. The van der Waals surface area contributed by atoms with Gasteiger partial charge in [-0.25, -0.2) is 0 Å². The van der Waals surface area contributed by atoms with E-state index in [4.69, 9.17) is 0 Å². The first kappa shape index (κ1) is 32.4. The van der Waals surface area contributed by atoms with Crippen molar-refractivity contribution < 1.29 is 44.3 Å². The van der Waals surface area contributed by atoms with Crippen molar-refractivity contribution in [3.63, 3.8) is 0 Å². The van der Waals surface area contributed by atoms with E-state index in [2.05, 4.69) is 15.4 Å². The average molecular weight is 609 g/mol. The summed E-state index contributed by atoms with van der Waals surface area (Å²) in [6.45, 7) is 0.378. The van der Waals surface area contributed by atoms with Gasteiger partial charge in [-0.15, -0.1) is 5.10 Å². The molecule has 0 unspecified atom stereocenters. The molecule has 0 spiro atoms. The molecule has 0 N–H and O–H groups in total. The monoisotopic (exact) mass is 608 g/mol. The molecule has 0 aliphatic carbocycles. The lowest BCUT2D eigenvalue weighted by Gasteiger charge is -2.24. The van der Waals surface area contributed by atoms with Gasteiger partial charge in [0.2, 0.25) is 0 Å². The lowest BCUT2D eigenvalue weighted by atomic mass is 9.95. The minimum absolute atomic E-state index is 0.0403. The number of carbonyl (C=O) groups is 1. The molecule has 0 fully saturated rings. The Balaban J connectivity index is 2.19. The zero-order valence-corrected chi connectivity index (χ0v) is 22.7. The van der Waals surface area contributed by atoms with Crippen molar-refractivity contribution >= 4 is 11.7 Å². The van der Waals surface area contributed by atoms with Gasteiger partial charge in [0.1, 0.15) is 0 Å². The molecule has 0 aliphatic heterocycles. The number of Topliss-reactive ketones (excluding diaryl/α,β-unsaturated/α-hetero) is 1. The van der Waals surface area contributed by atoms with Crippen LogP contribution in [0, 0.1) is 0 Å². The second-order valence-electron chi connectivity index (χ2n) is 9.52. The number of alkyl halides is 9. The van der Waals surface area contributed by atoms with Gasteiger partial charge < -0.3 is 9.80 Å². The first-order valence-corrected chi connectivity index (χ1v) is 12.2. The van der Waals surface area contributed by atoms with Gasteiger partial charge in [-0.1, -0.05) is 18.1 Å². The Morgan fingerprint density at radius 2 is 1.43 bits per heavy atom. The largest absolute Gasteiger partial charge is 0.416 e. The Labute approximate surface area is 234 Å². The standard InChI is InChI=1S/C26H25F9N6O/c1-5-16(13-39(2)3)22(42)21-7-6-18(24(27,28)29)10-17(21)14-41(23-36-38-40(4)37-23)12-15-8-19(25(30,31)32)11-20(9-15)26(33,34)35/h6-11,13H,5,12,14H2,1-4H3/b16-13+. The van der Waals surface area contributed by atoms with E-state index >= 15 is 0 Å². The van der Waals surface area contributed by atoms with Crippen molar-refractivity contribution in [2.24, 2.45) is 7.05 Å². The molecule has 2 aromatic carbocycles. The van der Waals surface area contributed by atoms with E-state index in [1.165, 1.54) is 13.2 Å². The minimum atomic E-state index is -5.12. The third-order valence-corrected chi connectivity index (χ3v) is 5.93. The van der Waals surface area contributed by atoms with Crippen molar-refractivity contribution in [2.75, 3.05) is 19.0 Å². The lowest BCUT2D eigenvalue weighted by molar-refractivity contribution is -0.143. The number of anilines is 1. The number of tetrazole rings is 1. The molecule has 0 atom stereocenters. The summed E-state index contributed by atoms with van der Waals surface area (Å²) < 4.78 is 122. The van der Waals surface area contributed by atoms with Gasteiger partial charge in [0.15, 0.2) is 5.78 Å². The second kappa shape index (κ2) is 12.0. The van der Waals surface area contributed by atoms with E-state index in [0.717, 1.165) is 15.8 Å². The maximum Gasteiger partial charge on any atom is 0.416 e. The smallest absolute Gasteiger partial charge is 0.383 e. The quantitative estimate of drug-likeness (QED) is 0.157. The fourth-order valence-electron chi connectivity index (χ4n) is 4.05. The zero-order valence-electron chi connectivity index (χ0n) is 22.7. The van der Waals surface area contributed by atoms with Crippen LogP contribution in [0.15, 0.2) is 48.2 Å². The van der Waals surface area contributed by atoms with E-state index < -0.39 is 59.7 Å². The van der Waals surface area contributed by atoms with Crippen molar-refractivity contribution in [1.82, 2.24) is 25.1 Å². The van der Waals surface area contributed by atoms with Crippen LogP contribution in [0.3, 0.4) is 0 Å².